The second kappa shape index (κ2) is 7.69. The van der Waals surface area contributed by atoms with Crippen molar-refractivity contribution in [2.75, 3.05) is 27.7 Å². The van der Waals surface area contributed by atoms with Crippen LogP contribution in [0.25, 0.3) is 0 Å². The van der Waals surface area contributed by atoms with Crippen LogP contribution in [0.5, 0.6) is 5.75 Å². The molecule has 1 aromatic carbocycles. The largest absolute Gasteiger partial charge is 0.496 e. The van der Waals surface area contributed by atoms with E-state index in [2.05, 4.69) is 32.6 Å². The van der Waals surface area contributed by atoms with Gasteiger partial charge in [-0.15, -0.1) is 0 Å². The predicted octanol–water partition coefficient (Wildman–Crippen LogP) is 2.72. The number of hydrogen-bond acceptors (Lipinski definition) is 3. The summed E-state index contributed by atoms with van der Waals surface area (Å²) in [7, 11) is 5.69. The first-order valence-electron chi connectivity index (χ1n) is 5.88. The Morgan fingerprint density at radius 2 is 2.12 bits per heavy atom. The zero-order valence-electron chi connectivity index (χ0n) is 10.7. The molecule has 1 unspecified atom stereocenters. The van der Waals surface area contributed by atoms with E-state index in [-0.39, 0.29) is 0 Å². The molecule has 0 saturated heterocycles. The van der Waals surface area contributed by atoms with E-state index in [1.165, 1.54) is 5.56 Å². The van der Waals surface area contributed by atoms with E-state index >= 15 is 0 Å². The van der Waals surface area contributed by atoms with Gasteiger partial charge in [-0.25, -0.2) is 0 Å². The summed E-state index contributed by atoms with van der Waals surface area (Å²) < 4.78 is 6.50. The topological polar surface area (TPSA) is 33.3 Å². The molecule has 0 aliphatic heterocycles. The summed E-state index contributed by atoms with van der Waals surface area (Å²) in [6.45, 7) is 1.04. The lowest BCUT2D eigenvalue weighted by Crippen LogP contribution is -2.19. The molecule has 96 valence electrons. The van der Waals surface area contributed by atoms with Crippen LogP contribution >= 0.6 is 15.9 Å². The number of ether oxygens (including phenoxy) is 1. The zero-order valence-corrected chi connectivity index (χ0v) is 12.3. The van der Waals surface area contributed by atoms with Crippen molar-refractivity contribution in [1.82, 2.24) is 10.6 Å². The summed E-state index contributed by atoms with van der Waals surface area (Å²) >= 11 is 3.51. The van der Waals surface area contributed by atoms with E-state index in [9.17, 15) is 0 Å². The van der Waals surface area contributed by atoms with E-state index < -0.39 is 0 Å². The van der Waals surface area contributed by atoms with Crippen LogP contribution in [0.4, 0.5) is 0 Å². The van der Waals surface area contributed by atoms with Gasteiger partial charge < -0.3 is 15.4 Å². The van der Waals surface area contributed by atoms with Gasteiger partial charge in [-0.2, -0.15) is 0 Å². The molecule has 0 bridgehead atoms. The van der Waals surface area contributed by atoms with Gasteiger partial charge in [-0.1, -0.05) is 15.9 Å². The third-order valence-corrected chi connectivity index (χ3v) is 3.33. The van der Waals surface area contributed by atoms with Crippen LogP contribution in [-0.4, -0.2) is 27.7 Å². The lowest BCUT2D eigenvalue weighted by molar-refractivity contribution is 0.397. The van der Waals surface area contributed by atoms with Crippen molar-refractivity contribution < 1.29 is 4.74 Å². The highest BCUT2D eigenvalue weighted by atomic mass is 79.9. The Morgan fingerprint density at radius 3 is 2.71 bits per heavy atom. The Kier molecular flexibility index (Phi) is 6.55. The maximum absolute atomic E-state index is 5.41. The van der Waals surface area contributed by atoms with E-state index in [0.717, 1.165) is 29.6 Å². The van der Waals surface area contributed by atoms with Gasteiger partial charge in [0.25, 0.3) is 0 Å². The SMILES string of the molecule is CNCCCC(NC)c1cc(Br)ccc1OC. The minimum atomic E-state index is 0.329. The molecule has 0 saturated carbocycles. The quantitative estimate of drug-likeness (QED) is 0.760. The fraction of sp³-hybridized carbons (Fsp3) is 0.538. The van der Waals surface area contributed by atoms with Gasteiger partial charge >= 0.3 is 0 Å². The Hall–Kier alpha value is -0.580. The molecule has 0 heterocycles. The van der Waals surface area contributed by atoms with Gasteiger partial charge in [0.1, 0.15) is 5.75 Å². The Labute approximate surface area is 112 Å². The van der Waals surface area contributed by atoms with Crippen LogP contribution in [0.1, 0.15) is 24.4 Å². The molecule has 2 N–H and O–H groups in total. The lowest BCUT2D eigenvalue weighted by atomic mass is 10.0. The number of halogens is 1. The fourth-order valence-corrected chi connectivity index (χ4v) is 2.29. The number of benzene rings is 1. The molecular weight excluding hydrogens is 280 g/mol. The van der Waals surface area contributed by atoms with Crippen LogP contribution in [0.15, 0.2) is 22.7 Å². The molecular formula is C13H21BrN2O. The highest BCUT2D eigenvalue weighted by Crippen LogP contribution is 2.30. The normalized spacial score (nSPS) is 12.5. The van der Waals surface area contributed by atoms with Crippen molar-refractivity contribution in [2.45, 2.75) is 18.9 Å². The summed E-state index contributed by atoms with van der Waals surface area (Å²) in [6.07, 6.45) is 2.22. The molecule has 0 amide bonds. The predicted molar refractivity (Wildman–Crippen MR) is 75.7 cm³/mol. The average molecular weight is 301 g/mol. The molecule has 1 atom stereocenters. The Morgan fingerprint density at radius 1 is 1.35 bits per heavy atom. The zero-order chi connectivity index (χ0) is 12.7. The molecule has 0 spiro atoms. The van der Waals surface area contributed by atoms with Crippen molar-refractivity contribution in [3.63, 3.8) is 0 Å². The molecule has 1 aromatic rings. The molecule has 1 rings (SSSR count). The molecule has 4 heteroatoms. The summed E-state index contributed by atoms with van der Waals surface area (Å²) in [5, 5.41) is 6.52. The van der Waals surface area contributed by atoms with Crippen LogP contribution in [0.3, 0.4) is 0 Å². The average Bonchev–Trinajstić information content (AvgIpc) is 2.35. The van der Waals surface area contributed by atoms with Crippen molar-refractivity contribution in [1.29, 1.82) is 0 Å². The summed E-state index contributed by atoms with van der Waals surface area (Å²) in [6, 6.07) is 6.46. The monoisotopic (exact) mass is 300 g/mol. The fourth-order valence-electron chi connectivity index (χ4n) is 1.92. The Balaban J connectivity index is 2.82. The van der Waals surface area contributed by atoms with Crippen molar-refractivity contribution in [2.24, 2.45) is 0 Å². The van der Waals surface area contributed by atoms with Crippen LogP contribution in [-0.2, 0) is 0 Å². The molecule has 0 aromatic heterocycles. The first-order chi connectivity index (χ1) is 8.22. The van der Waals surface area contributed by atoms with Crippen molar-refractivity contribution in [3.8, 4) is 5.75 Å². The number of nitrogens with one attached hydrogen (secondary N) is 2. The number of hydrogen-bond donors (Lipinski definition) is 2. The third kappa shape index (κ3) is 4.30. The minimum Gasteiger partial charge on any atom is -0.496 e. The van der Waals surface area contributed by atoms with E-state index in [0.29, 0.717) is 6.04 Å². The highest BCUT2D eigenvalue weighted by molar-refractivity contribution is 9.10. The van der Waals surface area contributed by atoms with Crippen LogP contribution in [0.2, 0.25) is 0 Å². The van der Waals surface area contributed by atoms with Gasteiger partial charge in [-0.3, -0.25) is 0 Å². The maximum atomic E-state index is 5.41. The summed E-state index contributed by atoms with van der Waals surface area (Å²) in [4.78, 5) is 0. The summed E-state index contributed by atoms with van der Waals surface area (Å²) in [5.74, 6) is 0.942. The highest BCUT2D eigenvalue weighted by Gasteiger charge is 2.14. The standard InChI is InChI=1S/C13H21BrN2O/c1-15-8-4-5-12(16-2)11-9-10(14)6-7-13(11)17-3/h6-7,9,12,15-16H,4-5,8H2,1-3H3. The third-order valence-electron chi connectivity index (χ3n) is 2.84. The maximum Gasteiger partial charge on any atom is 0.123 e. The lowest BCUT2D eigenvalue weighted by Gasteiger charge is -2.19. The molecule has 0 fully saturated rings. The first-order valence-corrected chi connectivity index (χ1v) is 6.67. The molecule has 0 radical (unpaired) electrons. The molecule has 0 aliphatic carbocycles. The Bertz CT molecular complexity index is 344. The van der Waals surface area contributed by atoms with Gasteiger partial charge in [-0.05, 0) is 51.7 Å². The minimum absolute atomic E-state index is 0.329. The molecule has 3 nitrogen and oxygen atoms in total. The van der Waals surface area contributed by atoms with Gasteiger partial charge in [0, 0.05) is 16.1 Å². The van der Waals surface area contributed by atoms with Gasteiger partial charge in [0.2, 0.25) is 0 Å². The summed E-state index contributed by atoms with van der Waals surface area (Å²) in [5.41, 5.74) is 1.21. The van der Waals surface area contributed by atoms with E-state index in [1.54, 1.807) is 7.11 Å². The van der Waals surface area contributed by atoms with Crippen molar-refractivity contribution in [3.05, 3.63) is 28.2 Å². The molecule has 0 aliphatic rings. The molecule has 17 heavy (non-hydrogen) atoms. The van der Waals surface area contributed by atoms with E-state index in [1.807, 2.05) is 26.2 Å². The van der Waals surface area contributed by atoms with E-state index in [4.69, 9.17) is 4.74 Å². The van der Waals surface area contributed by atoms with Gasteiger partial charge in [0.05, 0.1) is 7.11 Å². The first kappa shape index (κ1) is 14.5. The van der Waals surface area contributed by atoms with Crippen molar-refractivity contribution >= 4 is 15.9 Å². The number of methoxy groups -OCH3 is 1. The smallest absolute Gasteiger partial charge is 0.123 e. The number of rotatable bonds is 7. The van der Waals surface area contributed by atoms with Gasteiger partial charge in [0.15, 0.2) is 0 Å². The second-order valence-corrected chi connectivity index (χ2v) is 4.89. The van der Waals surface area contributed by atoms with Crippen LogP contribution in [0, 0.1) is 0 Å². The second-order valence-electron chi connectivity index (χ2n) is 3.97. The van der Waals surface area contributed by atoms with Crippen LogP contribution < -0.4 is 15.4 Å².